The number of carbonyl (C=O) groups excluding carboxylic acids is 1. The molecular formula is C19H17N5O2. The minimum atomic E-state index is -0.413. The Hall–Kier alpha value is -3.48. The average Bonchev–Trinajstić information content (AvgIpc) is 3.13. The molecule has 1 atom stereocenters. The van der Waals surface area contributed by atoms with Crippen LogP contribution in [0.25, 0.3) is 16.6 Å². The second-order valence-electron chi connectivity index (χ2n) is 6.19. The lowest BCUT2D eigenvalue weighted by atomic mass is 10.0. The Kier molecular flexibility index (Phi) is 3.96. The molecule has 4 rings (SSSR count). The Morgan fingerprint density at radius 3 is 2.69 bits per heavy atom. The van der Waals surface area contributed by atoms with Crippen molar-refractivity contribution >= 4 is 22.5 Å². The van der Waals surface area contributed by atoms with E-state index in [0.29, 0.717) is 17.6 Å². The topological polar surface area (TPSA) is 92.2 Å². The van der Waals surface area contributed by atoms with E-state index in [4.69, 9.17) is 0 Å². The molecule has 0 radical (unpaired) electrons. The molecule has 2 N–H and O–H groups in total. The maximum atomic E-state index is 12.6. The molecule has 2 aromatic heterocycles. The number of aromatic nitrogens is 4. The molecule has 0 saturated carbocycles. The molecule has 7 nitrogen and oxygen atoms in total. The summed E-state index contributed by atoms with van der Waals surface area (Å²) in [7, 11) is 0. The third-order valence-corrected chi connectivity index (χ3v) is 4.42. The van der Waals surface area contributed by atoms with Crippen molar-refractivity contribution in [3.05, 3.63) is 76.2 Å². The van der Waals surface area contributed by atoms with Gasteiger partial charge in [-0.2, -0.15) is 0 Å². The molecule has 7 heteroatoms. The summed E-state index contributed by atoms with van der Waals surface area (Å²) >= 11 is 0. The van der Waals surface area contributed by atoms with Crippen molar-refractivity contribution in [2.24, 2.45) is 0 Å². The van der Waals surface area contributed by atoms with Crippen LogP contribution in [0.15, 0.2) is 59.4 Å². The summed E-state index contributed by atoms with van der Waals surface area (Å²) in [5.41, 5.74) is 2.23. The number of hydrogen-bond donors (Lipinski definition) is 2. The van der Waals surface area contributed by atoms with E-state index in [-0.39, 0.29) is 17.1 Å². The summed E-state index contributed by atoms with van der Waals surface area (Å²) in [6.07, 6.45) is 0. The lowest BCUT2D eigenvalue weighted by molar-refractivity contribution is 0.0948. The number of nitrogens with one attached hydrogen (secondary N) is 2. The second kappa shape index (κ2) is 6.44. The number of benzene rings is 2. The standard InChI is InChI=1S/C19H17N5O2/c1-12(13-7-3-2-4-8-13)11-20-18(25)16-17-19(26)21-14-9-5-6-10-15(14)24(17)23-22-16/h2-10,12H,11H2,1H3,(H,20,25)(H,21,26)/t12-/m0/s1. The van der Waals surface area contributed by atoms with Crippen LogP contribution in [-0.4, -0.2) is 32.3 Å². The highest BCUT2D eigenvalue weighted by molar-refractivity contribution is 5.99. The number of nitrogens with zero attached hydrogens (tertiary/aromatic N) is 3. The molecule has 0 aliphatic heterocycles. The van der Waals surface area contributed by atoms with Crippen LogP contribution in [0.4, 0.5) is 0 Å². The van der Waals surface area contributed by atoms with Crippen molar-refractivity contribution in [2.45, 2.75) is 12.8 Å². The smallest absolute Gasteiger partial charge is 0.277 e. The highest BCUT2D eigenvalue weighted by Crippen LogP contribution is 2.15. The fraction of sp³-hybridized carbons (Fsp3) is 0.158. The van der Waals surface area contributed by atoms with Gasteiger partial charge < -0.3 is 10.3 Å². The highest BCUT2D eigenvalue weighted by Gasteiger charge is 2.20. The third-order valence-electron chi connectivity index (χ3n) is 4.42. The van der Waals surface area contributed by atoms with Gasteiger partial charge in [-0.3, -0.25) is 9.59 Å². The Morgan fingerprint density at radius 2 is 1.88 bits per heavy atom. The van der Waals surface area contributed by atoms with Crippen molar-refractivity contribution in [1.82, 2.24) is 25.1 Å². The van der Waals surface area contributed by atoms with E-state index in [1.54, 1.807) is 6.07 Å². The summed E-state index contributed by atoms with van der Waals surface area (Å²) in [6.45, 7) is 2.47. The lowest BCUT2D eigenvalue weighted by Crippen LogP contribution is -2.29. The normalized spacial score (nSPS) is 12.3. The minimum Gasteiger partial charge on any atom is -0.350 e. The third kappa shape index (κ3) is 2.73. The average molecular weight is 347 g/mol. The fourth-order valence-electron chi connectivity index (χ4n) is 2.98. The molecular weight excluding hydrogens is 330 g/mol. The summed E-state index contributed by atoms with van der Waals surface area (Å²) in [5.74, 6) is -0.273. The fourth-order valence-corrected chi connectivity index (χ4v) is 2.98. The molecule has 1 amide bonds. The van der Waals surface area contributed by atoms with Crippen molar-refractivity contribution in [3.63, 3.8) is 0 Å². The number of fused-ring (bicyclic) bond motifs is 3. The van der Waals surface area contributed by atoms with Crippen molar-refractivity contribution in [2.75, 3.05) is 6.54 Å². The molecule has 130 valence electrons. The van der Waals surface area contributed by atoms with Gasteiger partial charge in [0.1, 0.15) is 0 Å². The molecule has 0 fully saturated rings. The van der Waals surface area contributed by atoms with Gasteiger partial charge in [-0.25, -0.2) is 4.52 Å². The molecule has 0 aliphatic carbocycles. The maximum absolute atomic E-state index is 12.6. The molecule has 26 heavy (non-hydrogen) atoms. The summed E-state index contributed by atoms with van der Waals surface area (Å²) < 4.78 is 1.41. The SMILES string of the molecule is C[C@@H](CNC(=O)c1nnn2c1c(=O)[nH]c1ccccc12)c1ccccc1. The van der Waals surface area contributed by atoms with Crippen LogP contribution in [0.5, 0.6) is 0 Å². The number of amides is 1. The predicted octanol–water partition coefficient (Wildman–Crippen LogP) is 2.10. The molecule has 2 aromatic carbocycles. The van der Waals surface area contributed by atoms with Gasteiger partial charge in [-0.05, 0) is 23.6 Å². The van der Waals surface area contributed by atoms with Crippen LogP contribution in [-0.2, 0) is 0 Å². The molecule has 0 aliphatic rings. The first kappa shape index (κ1) is 16.0. The van der Waals surface area contributed by atoms with E-state index < -0.39 is 11.5 Å². The van der Waals surface area contributed by atoms with Gasteiger partial charge in [-0.15, -0.1) is 5.10 Å². The van der Waals surface area contributed by atoms with E-state index in [1.807, 2.05) is 55.5 Å². The molecule has 0 spiro atoms. The van der Waals surface area contributed by atoms with Gasteiger partial charge in [0.25, 0.3) is 11.5 Å². The van der Waals surface area contributed by atoms with E-state index in [9.17, 15) is 9.59 Å². The van der Waals surface area contributed by atoms with Crippen LogP contribution >= 0.6 is 0 Å². The number of aromatic amines is 1. The Labute approximate surface area is 148 Å². The van der Waals surface area contributed by atoms with Gasteiger partial charge in [0, 0.05) is 6.54 Å². The van der Waals surface area contributed by atoms with Crippen LogP contribution < -0.4 is 10.9 Å². The van der Waals surface area contributed by atoms with Gasteiger partial charge >= 0.3 is 0 Å². The number of H-pyrrole nitrogens is 1. The number of hydrogen-bond acceptors (Lipinski definition) is 4. The van der Waals surface area contributed by atoms with Gasteiger partial charge in [0.2, 0.25) is 0 Å². The van der Waals surface area contributed by atoms with E-state index in [2.05, 4.69) is 20.6 Å². The predicted molar refractivity (Wildman–Crippen MR) is 98.3 cm³/mol. The number of carbonyl (C=O) groups is 1. The van der Waals surface area contributed by atoms with Crippen LogP contribution in [0.1, 0.15) is 28.9 Å². The Morgan fingerprint density at radius 1 is 1.15 bits per heavy atom. The van der Waals surface area contributed by atoms with Crippen LogP contribution in [0.3, 0.4) is 0 Å². The van der Waals surface area contributed by atoms with Crippen LogP contribution in [0, 0.1) is 0 Å². The van der Waals surface area contributed by atoms with Crippen molar-refractivity contribution in [3.8, 4) is 0 Å². The molecule has 0 bridgehead atoms. The lowest BCUT2D eigenvalue weighted by Gasteiger charge is -2.12. The van der Waals surface area contributed by atoms with Crippen molar-refractivity contribution < 1.29 is 4.79 Å². The Bertz CT molecular complexity index is 1150. The number of rotatable bonds is 4. The van der Waals surface area contributed by atoms with E-state index >= 15 is 0 Å². The molecule has 0 saturated heterocycles. The van der Waals surface area contributed by atoms with E-state index in [0.717, 1.165) is 5.56 Å². The quantitative estimate of drug-likeness (QED) is 0.591. The Balaban J connectivity index is 1.63. The first-order valence-electron chi connectivity index (χ1n) is 8.34. The first-order chi connectivity index (χ1) is 12.6. The van der Waals surface area contributed by atoms with Crippen molar-refractivity contribution in [1.29, 1.82) is 0 Å². The monoisotopic (exact) mass is 347 g/mol. The largest absolute Gasteiger partial charge is 0.350 e. The van der Waals surface area contributed by atoms with Gasteiger partial charge in [-0.1, -0.05) is 54.6 Å². The molecule has 0 unspecified atom stereocenters. The molecule has 2 heterocycles. The summed E-state index contributed by atoms with van der Waals surface area (Å²) in [4.78, 5) is 27.7. The number of para-hydroxylation sites is 2. The van der Waals surface area contributed by atoms with Gasteiger partial charge in [0.05, 0.1) is 11.0 Å². The van der Waals surface area contributed by atoms with Crippen LogP contribution in [0.2, 0.25) is 0 Å². The zero-order valence-corrected chi connectivity index (χ0v) is 14.1. The second-order valence-corrected chi connectivity index (χ2v) is 6.19. The first-order valence-corrected chi connectivity index (χ1v) is 8.34. The maximum Gasteiger partial charge on any atom is 0.277 e. The minimum absolute atomic E-state index is 0.0252. The van der Waals surface area contributed by atoms with E-state index in [1.165, 1.54) is 4.52 Å². The summed E-state index contributed by atoms with van der Waals surface area (Å²) in [6, 6.07) is 17.2. The zero-order chi connectivity index (χ0) is 18.1. The van der Waals surface area contributed by atoms with Gasteiger partial charge in [0.15, 0.2) is 11.2 Å². The summed E-state index contributed by atoms with van der Waals surface area (Å²) in [5, 5.41) is 10.8. The molecule has 4 aromatic rings. The highest BCUT2D eigenvalue weighted by atomic mass is 16.2. The zero-order valence-electron chi connectivity index (χ0n) is 14.1.